The molecule has 0 aromatic heterocycles. The van der Waals surface area contributed by atoms with E-state index >= 15 is 0 Å². The number of ketones is 1. The number of hydrogen-bond donors (Lipinski definition) is 0. The van der Waals surface area contributed by atoms with Crippen LogP contribution in [0.25, 0.3) is 0 Å². The standard InChI is InChI=1S/C22H32O8.C21H30O7.C16H24O5.C15H22O4/c1-15(2)20(24)25-12-7-18(23)28-19(16-13-26-21(29-16)8-3-4-9-21)17-14-27-22(30-17)10-5-6-11-22;1-14(2)19(23)24-11-15(22)18(16-12-25-20(27-16)7-3-4-8-20)17-13-26-21(28-17)9-5-6-10-21;1-12(2)15(17)18-9-6-13(3)19-10-14-11-20-16(21-14)7-4-5-8-16;1-11(2)14(16)17-9-12(3)8-13-10-18-15(19-13)6-4-5-7-15/h16-17,19H,1,3-14H2,2H3;16-18H,1,3-13H2,2H3;14H,1,3-11H2,2H3;13H,1,3-10H2,2H3. The zero-order valence-electron chi connectivity index (χ0n) is 58.5. The van der Waals surface area contributed by atoms with Gasteiger partial charge in [0.1, 0.15) is 38.1 Å². The average Bonchev–Trinajstić information content (AvgIpc) is 1.62. The fourth-order valence-electron chi connectivity index (χ4n) is 14.8. The Labute approximate surface area is 577 Å². The smallest absolute Gasteiger partial charge is 0.333 e. The molecule has 98 heavy (non-hydrogen) atoms. The third-order valence-electron chi connectivity index (χ3n) is 20.0. The molecule has 548 valence electrons. The maximum Gasteiger partial charge on any atom is 0.333 e. The molecule has 6 unspecified atom stereocenters. The first-order chi connectivity index (χ1) is 46.8. The zero-order chi connectivity index (χ0) is 70.1. The molecule has 24 heteroatoms. The maximum absolute atomic E-state index is 13.1. The highest BCUT2D eigenvalue weighted by molar-refractivity contribution is 5.91. The van der Waals surface area contributed by atoms with Gasteiger partial charge < -0.3 is 85.3 Å². The van der Waals surface area contributed by atoms with Gasteiger partial charge in [-0.3, -0.25) is 9.59 Å². The van der Waals surface area contributed by atoms with Gasteiger partial charge >= 0.3 is 29.8 Å². The van der Waals surface area contributed by atoms with Gasteiger partial charge in [0, 0.05) is 106 Å². The largest absolute Gasteiger partial charge is 0.496 e. The number of esters is 5. The van der Waals surface area contributed by atoms with E-state index in [2.05, 4.69) is 39.5 Å². The molecule has 6 saturated carbocycles. The van der Waals surface area contributed by atoms with Crippen LogP contribution in [0.1, 0.15) is 201 Å². The monoisotopic (exact) mass is 1380 g/mol. The Bertz CT molecular complexity index is 2760. The molecule has 6 aliphatic heterocycles. The fourth-order valence-corrected chi connectivity index (χ4v) is 14.8. The Hall–Kier alpha value is -5.22. The molecule has 6 saturated heterocycles. The molecule has 0 bridgehead atoms. The number of hydrogen-bond acceptors (Lipinski definition) is 24. The van der Waals surface area contributed by atoms with Crippen LogP contribution in [0.4, 0.5) is 0 Å². The number of Topliss-reactive ketones (excluding diaryl/α,β-unsaturated/α-hetero) is 1. The summed E-state index contributed by atoms with van der Waals surface area (Å²) in [4.78, 5) is 71.3. The summed E-state index contributed by atoms with van der Waals surface area (Å²) in [6.07, 6.45) is 22.7. The van der Waals surface area contributed by atoms with Crippen molar-refractivity contribution in [2.45, 2.75) is 279 Å². The molecule has 0 amide bonds. The second-order valence-corrected chi connectivity index (χ2v) is 28.5. The first-order valence-corrected chi connectivity index (χ1v) is 35.7. The van der Waals surface area contributed by atoms with E-state index in [1.807, 2.05) is 0 Å². The van der Waals surface area contributed by atoms with Crippen LogP contribution < -0.4 is 0 Å². The molecule has 6 heterocycles. The lowest BCUT2D eigenvalue weighted by atomic mass is 9.92. The Kier molecular flexibility index (Phi) is 27.6. The molecule has 24 nitrogen and oxygen atoms in total. The molecular formula is C74H108O24. The zero-order valence-corrected chi connectivity index (χ0v) is 58.5. The lowest BCUT2D eigenvalue weighted by Crippen LogP contribution is -2.45. The van der Waals surface area contributed by atoms with Gasteiger partial charge in [-0.05, 0) is 117 Å². The summed E-state index contributed by atoms with van der Waals surface area (Å²) < 4.78 is 104. The van der Waals surface area contributed by atoms with Gasteiger partial charge in [-0.25, -0.2) is 19.2 Å². The van der Waals surface area contributed by atoms with Crippen LogP contribution >= 0.6 is 0 Å². The topological polar surface area (TPSA) is 269 Å². The van der Waals surface area contributed by atoms with Crippen LogP contribution in [0.2, 0.25) is 0 Å². The van der Waals surface area contributed by atoms with Crippen LogP contribution in [0.15, 0.2) is 73.1 Å². The highest BCUT2D eigenvalue weighted by Gasteiger charge is 2.56. The SMILES string of the molecule is C=C(C)C(=O)OCC(=O)C(C1COC2(CCCC2)O1)C1COC2(CCCC2)O1.C=C(C)C(=O)OCCC(=O)OC(C1COC2(CCCC2)O1)C1COC2(CCCC2)O1.C=C(CCOC(=O)C(=C)C)OCC1COC2(CCCC2)O1.C=C(COC(=O)C(=C)C)CC1COC2(CCCC2)O1. The lowest BCUT2D eigenvalue weighted by Gasteiger charge is -2.30. The van der Waals surface area contributed by atoms with E-state index in [1.54, 1.807) is 27.7 Å². The lowest BCUT2D eigenvalue weighted by molar-refractivity contribution is -0.207. The minimum absolute atomic E-state index is 0.0362. The van der Waals surface area contributed by atoms with Gasteiger partial charge in [-0.1, -0.05) is 39.5 Å². The number of carbonyl (C=O) groups excluding carboxylic acids is 6. The van der Waals surface area contributed by atoms with E-state index in [4.69, 9.17) is 85.3 Å². The van der Waals surface area contributed by atoms with Crippen molar-refractivity contribution < 1.29 is 114 Å². The molecule has 12 aliphatic rings. The van der Waals surface area contributed by atoms with Gasteiger partial charge in [0.05, 0.1) is 82.7 Å². The normalized spacial score (nSPS) is 27.9. The summed E-state index contributed by atoms with van der Waals surface area (Å²) in [6, 6.07) is 0. The second-order valence-electron chi connectivity index (χ2n) is 28.5. The number of rotatable bonds is 25. The summed E-state index contributed by atoms with van der Waals surface area (Å²) in [5, 5.41) is 0. The van der Waals surface area contributed by atoms with Crippen molar-refractivity contribution in [2.24, 2.45) is 5.92 Å². The van der Waals surface area contributed by atoms with Crippen molar-refractivity contribution >= 4 is 35.6 Å². The predicted octanol–water partition coefficient (Wildman–Crippen LogP) is 10.9. The number of carbonyl (C=O) groups is 6. The molecule has 12 fully saturated rings. The fraction of sp³-hybridized carbons (Fsp3) is 0.757. The molecule has 0 N–H and O–H groups in total. The van der Waals surface area contributed by atoms with Crippen LogP contribution in [-0.4, -0.2) is 186 Å². The van der Waals surface area contributed by atoms with E-state index in [9.17, 15) is 28.8 Å². The Morgan fingerprint density at radius 3 is 1.09 bits per heavy atom. The van der Waals surface area contributed by atoms with E-state index in [0.29, 0.717) is 76.0 Å². The third kappa shape index (κ3) is 21.2. The van der Waals surface area contributed by atoms with Crippen LogP contribution in [-0.2, 0) is 114 Å². The summed E-state index contributed by atoms with van der Waals surface area (Å²) in [7, 11) is 0. The summed E-state index contributed by atoms with van der Waals surface area (Å²) in [6.45, 7) is 31.3. The van der Waals surface area contributed by atoms with Gasteiger partial charge in [-0.2, -0.15) is 0 Å². The molecule has 6 spiro atoms. The summed E-state index contributed by atoms with van der Waals surface area (Å²) in [5.41, 5.74) is 2.19. The quantitative estimate of drug-likeness (QED) is 0.0270. The predicted molar refractivity (Wildman–Crippen MR) is 352 cm³/mol. The minimum atomic E-state index is -0.630. The Morgan fingerprint density at radius 1 is 0.378 bits per heavy atom. The van der Waals surface area contributed by atoms with Crippen LogP contribution in [0.5, 0.6) is 0 Å². The molecule has 6 aliphatic carbocycles. The molecular weight excluding hydrogens is 1270 g/mol. The van der Waals surface area contributed by atoms with Crippen LogP contribution in [0, 0.1) is 5.92 Å². The van der Waals surface area contributed by atoms with Crippen molar-refractivity contribution in [3.05, 3.63) is 73.1 Å². The van der Waals surface area contributed by atoms with Crippen molar-refractivity contribution in [3.63, 3.8) is 0 Å². The molecule has 0 radical (unpaired) electrons. The summed E-state index contributed by atoms with van der Waals surface area (Å²) in [5.74, 6) is -5.49. The van der Waals surface area contributed by atoms with Crippen molar-refractivity contribution in [1.82, 2.24) is 0 Å². The first kappa shape index (κ1) is 76.9. The Balaban J connectivity index is 0.000000156. The second kappa shape index (κ2) is 35.1. The minimum Gasteiger partial charge on any atom is -0.496 e. The Morgan fingerprint density at radius 2 is 0.694 bits per heavy atom. The first-order valence-electron chi connectivity index (χ1n) is 35.7. The van der Waals surface area contributed by atoms with E-state index in [1.165, 1.54) is 12.8 Å². The third-order valence-corrected chi connectivity index (χ3v) is 20.0. The molecule has 0 aromatic carbocycles. The average molecular weight is 1380 g/mol. The molecule has 12 rings (SSSR count). The highest BCUT2D eigenvalue weighted by atomic mass is 16.8. The molecule has 0 aromatic rings. The maximum atomic E-state index is 13.1. The van der Waals surface area contributed by atoms with Gasteiger partial charge in [-0.15, -0.1) is 0 Å². The van der Waals surface area contributed by atoms with Crippen LogP contribution in [0.3, 0.4) is 0 Å². The van der Waals surface area contributed by atoms with Gasteiger partial charge in [0.2, 0.25) is 0 Å². The number of ether oxygens (including phenoxy) is 18. The summed E-state index contributed by atoms with van der Waals surface area (Å²) >= 11 is 0. The van der Waals surface area contributed by atoms with Crippen molar-refractivity contribution in [2.75, 3.05) is 72.7 Å². The van der Waals surface area contributed by atoms with E-state index < -0.39 is 83.5 Å². The highest BCUT2D eigenvalue weighted by Crippen LogP contribution is 2.48. The van der Waals surface area contributed by atoms with E-state index in [-0.39, 0.29) is 79.5 Å². The molecule has 6 atom stereocenters. The van der Waals surface area contributed by atoms with Gasteiger partial charge in [0.25, 0.3) is 0 Å². The van der Waals surface area contributed by atoms with Crippen molar-refractivity contribution in [3.8, 4) is 0 Å². The van der Waals surface area contributed by atoms with Crippen molar-refractivity contribution in [1.29, 1.82) is 0 Å². The van der Waals surface area contributed by atoms with E-state index in [0.717, 1.165) is 147 Å². The van der Waals surface area contributed by atoms with Gasteiger partial charge in [0.15, 0.2) is 53.2 Å².